The lowest BCUT2D eigenvalue weighted by Gasteiger charge is -2.43. The summed E-state index contributed by atoms with van der Waals surface area (Å²) in [6.45, 7) is 10.3. The van der Waals surface area contributed by atoms with Gasteiger partial charge in [0.05, 0.1) is 12.2 Å². The molecule has 0 aromatic heterocycles. The molecular formula is C18H35NO. The highest BCUT2D eigenvalue weighted by Crippen LogP contribution is 2.42. The van der Waals surface area contributed by atoms with E-state index in [0.717, 1.165) is 18.4 Å². The van der Waals surface area contributed by atoms with Crippen molar-refractivity contribution in [1.29, 1.82) is 0 Å². The van der Waals surface area contributed by atoms with Gasteiger partial charge < -0.3 is 10.5 Å². The predicted octanol–water partition coefficient (Wildman–Crippen LogP) is 4.37. The molecule has 2 nitrogen and oxygen atoms in total. The highest BCUT2D eigenvalue weighted by Gasteiger charge is 2.36. The van der Waals surface area contributed by atoms with Gasteiger partial charge in [-0.25, -0.2) is 0 Å². The van der Waals surface area contributed by atoms with E-state index >= 15 is 0 Å². The zero-order chi connectivity index (χ0) is 14.8. The van der Waals surface area contributed by atoms with Crippen LogP contribution in [-0.4, -0.2) is 18.8 Å². The molecule has 118 valence electrons. The Kier molecular flexibility index (Phi) is 5.53. The van der Waals surface area contributed by atoms with Gasteiger partial charge in [0, 0.05) is 0 Å². The van der Waals surface area contributed by atoms with Gasteiger partial charge in [-0.3, -0.25) is 0 Å². The minimum absolute atomic E-state index is 0.421. The third-order valence-electron chi connectivity index (χ3n) is 5.63. The molecule has 2 rings (SSSR count). The first-order valence-corrected chi connectivity index (χ1v) is 8.79. The maximum absolute atomic E-state index is 6.59. The van der Waals surface area contributed by atoms with Crippen molar-refractivity contribution in [2.24, 2.45) is 28.9 Å². The molecule has 0 radical (unpaired) electrons. The fourth-order valence-corrected chi connectivity index (χ4v) is 4.69. The lowest BCUT2D eigenvalue weighted by Crippen LogP contribution is -2.41. The fourth-order valence-electron chi connectivity index (χ4n) is 4.69. The van der Waals surface area contributed by atoms with Crippen molar-refractivity contribution < 1.29 is 4.74 Å². The molecule has 0 bridgehead atoms. The van der Waals surface area contributed by atoms with Crippen LogP contribution in [0.3, 0.4) is 0 Å². The highest BCUT2D eigenvalue weighted by atomic mass is 16.5. The minimum Gasteiger partial charge on any atom is -0.375 e. The molecule has 20 heavy (non-hydrogen) atoms. The van der Waals surface area contributed by atoms with E-state index in [-0.39, 0.29) is 0 Å². The second-order valence-electron chi connectivity index (χ2n) is 8.29. The van der Waals surface area contributed by atoms with Crippen LogP contribution in [0, 0.1) is 23.2 Å². The molecular weight excluding hydrogens is 246 g/mol. The van der Waals surface area contributed by atoms with E-state index < -0.39 is 0 Å². The van der Waals surface area contributed by atoms with E-state index in [9.17, 15) is 0 Å². The van der Waals surface area contributed by atoms with Crippen molar-refractivity contribution in [2.75, 3.05) is 6.54 Å². The molecule has 5 unspecified atom stereocenters. The van der Waals surface area contributed by atoms with Crippen LogP contribution in [0.1, 0.15) is 72.6 Å². The van der Waals surface area contributed by atoms with Crippen molar-refractivity contribution in [2.45, 2.75) is 84.8 Å². The number of hydrogen-bond donors (Lipinski definition) is 1. The Labute approximate surface area is 125 Å². The van der Waals surface area contributed by atoms with Crippen LogP contribution in [-0.2, 0) is 4.74 Å². The maximum Gasteiger partial charge on any atom is 0.0621 e. The van der Waals surface area contributed by atoms with Gasteiger partial charge in [0.15, 0.2) is 0 Å². The number of rotatable bonds is 4. The van der Waals surface area contributed by atoms with Crippen molar-refractivity contribution in [3.8, 4) is 0 Å². The zero-order valence-corrected chi connectivity index (χ0v) is 14.0. The van der Waals surface area contributed by atoms with Crippen molar-refractivity contribution >= 4 is 0 Å². The molecule has 2 heteroatoms. The summed E-state index contributed by atoms with van der Waals surface area (Å²) in [5.41, 5.74) is 6.43. The molecule has 0 saturated heterocycles. The topological polar surface area (TPSA) is 35.2 Å². The Balaban J connectivity index is 1.95. The van der Waals surface area contributed by atoms with Gasteiger partial charge in [-0.1, -0.05) is 34.1 Å². The number of hydrogen-bond acceptors (Lipinski definition) is 2. The van der Waals surface area contributed by atoms with E-state index in [1.54, 1.807) is 0 Å². The van der Waals surface area contributed by atoms with Crippen LogP contribution in [0.5, 0.6) is 0 Å². The third kappa shape index (κ3) is 4.21. The third-order valence-corrected chi connectivity index (χ3v) is 5.63. The largest absolute Gasteiger partial charge is 0.375 e. The van der Waals surface area contributed by atoms with Crippen molar-refractivity contribution in [3.05, 3.63) is 0 Å². The molecule has 2 fully saturated rings. The van der Waals surface area contributed by atoms with Gasteiger partial charge in [-0.15, -0.1) is 0 Å². The monoisotopic (exact) mass is 281 g/mol. The quantitative estimate of drug-likeness (QED) is 0.830. The van der Waals surface area contributed by atoms with Gasteiger partial charge in [-0.2, -0.15) is 0 Å². The SMILES string of the molecule is CCC1CCC(CN)C(OC2CC(C)CC(C)(C)C2)C1. The smallest absolute Gasteiger partial charge is 0.0621 e. The Morgan fingerprint density at radius 3 is 2.50 bits per heavy atom. The zero-order valence-electron chi connectivity index (χ0n) is 14.0. The second-order valence-corrected chi connectivity index (χ2v) is 8.29. The first kappa shape index (κ1) is 16.3. The Bertz CT molecular complexity index is 302. The van der Waals surface area contributed by atoms with Crippen LogP contribution in [0.4, 0.5) is 0 Å². The second kappa shape index (κ2) is 6.79. The van der Waals surface area contributed by atoms with E-state index in [2.05, 4.69) is 27.7 Å². The standard InChI is InChI=1S/C18H35NO/c1-5-14-6-7-15(12-19)17(9-14)20-16-8-13(2)10-18(3,4)11-16/h13-17H,5-12,19H2,1-4H3. The highest BCUT2D eigenvalue weighted by molar-refractivity contribution is 4.87. The van der Waals surface area contributed by atoms with Crippen LogP contribution in [0.2, 0.25) is 0 Å². The van der Waals surface area contributed by atoms with E-state index in [4.69, 9.17) is 10.5 Å². The average Bonchev–Trinajstić information content (AvgIpc) is 2.36. The molecule has 0 aromatic rings. The van der Waals surface area contributed by atoms with Gasteiger partial charge in [-0.05, 0) is 68.2 Å². The van der Waals surface area contributed by atoms with Crippen LogP contribution >= 0.6 is 0 Å². The molecule has 2 saturated carbocycles. The van der Waals surface area contributed by atoms with Gasteiger partial charge >= 0.3 is 0 Å². The lowest BCUT2D eigenvalue weighted by molar-refractivity contribution is -0.104. The summed E-state index contributed by atoms with van der Waals surface area (Å²) < 4.78 is 6.59. The van der Waals surface area contributed by atoms with Crippen LogP contribution in [0.15, 0.2) is 0 Å². The summed E-state index contributed by atoms with van der Waals surface area (Å²) >= 11 is 0. The normalized spacial score (nSPS) is 41.5. The molecule has 2 aliphatic carbocycles. The summed E-state index contributed by atoms with van der Waals surface area (Å²) in [4.78, 5) is 0. The molecule has 2 aliphatic rings. The maximum atomic E-state index is 6.59. The first-order chi connectivity index (χ1) is 9.43. The molecule has 0 amide bonds. The van der Waals surface area contributed by atoms with Crippen molar-refractivity contribution in [3.63, 3.8) is 0 Å². The van der Waals surface area contributed by atoms with E-state index in [1.807, 2.05) is 0 Å². The van der Waals surface area contributed by atoms with Crippen LogP contribution in [0.25, 0.3) is 0 Å². The summed E-state index contributed by atoms with van der Waals surface area (Å²) in [7, 11) is 0. The summed E-state index contributed by atoms with van der Waals surface area (Å²) in [5, 5.41) is 0. The fraction of sp³-hybridized carbons (Fsp3) is 1.00. The van der Waals surface area contributed by atoms with Gasteiger partial charge in [0.2, 0.25) is 0 Å². The summed E-state index contributed by atoms with van der Waals surface area (Å²) in [5.74, 6) is 2.25. The van der Waals surface area contributed by atoms with E-state index in [1.165, 1.54) is 44.9 Å². The molecule has 0 heterocycles. The minimum atomic E-state index is 0.421. The molecule has 0 spiro atoms. The van der Waals surface area contributed by atoms with E-state index in [0.29, 0.717) is 23.5 Å². The summed E-state index contributed by atoms with van der Waals surface area (Å²) in [6, 6.07) is 0. The Hall–Kier alpha value is -0.0800. The number of ether oxygens (including phenoxy) is 1. The van der Waals surface area contributed by atoms with Gasteiger partial charge in [0.1, 0.15) is 0 Å². The molecule has 2 N–H and O–H groups in total. The Morgan fingerprint density at radius 2 is 1.90 bits per heavy atom. The average molecular weight is 281 g/mol. The molecule has 5 atom stereocenters. The molecule has 0 aromatic carbocycles. The Morgan fingerprint density at radius 1 is 1.15 bits per heavy atom. The van der Waals surface area contributed by atoms with Crippen molar-refractivity contribution in [1.82, 2.24) is 0 Å². The van der Waals surface area contributed by atoms with Gasteiger partial charge in [0.25, 0.3) is 0 Å². The van der Waals surface area contributed by atoms with Crippen LogP contribution < -0.4 is 5.73 Å². The lowest BCUT2D eigenvalue weighted by atomic mass is 9.71. The first-order valence-electron chi connectivity index (χ1n) is 8.79. The number of nitrogens with two attached hydrogens (primary N) is 1. The molecule has 0 aliphatic heterocycles. The predicted molar refractivity (Wildman–Crippen MR) is 85.6 cm³/mol. The summed E-state index contributed by atoms with van der Waals surface area (Å²) in [6.07, 6.45) is 9.85.